The van der Waals surface area contributed by atoms with Gasteiger partial charge >= 0.3 is 11.7 Å². The molecule has 0 unspecified atom stereocenters. The Morgan fingerprint density at radius 3 is 2.83 bits per heavy atom. The molecule has 2 aromatic carbocycles. The average Bonchev–Trinajstić information content (AvgIpc) is 3.18. The lowest BCUT2D eigenvalue weighted by Crippen LogP contribution is -2.09. The van der Waals surface area contributed by atoms with Crippen molar-refractivity contribution < 1.29 is 14.5 Å². The minimum atomic E-state index is -0.594. The largest absolute Gasteiger partial charge is 0.462 e. The van der Waals surface area contributed by atoms with Gasteiger partial charge in [-0.2, -0.15) is 4.68 Å². The summed E-state index contributed by atoms with van der Waals surface area (Å²) in [4.78, 5) is 31.3. The van der Waals surface area contributed by atoms with Crippen LogP contribution in [-0.2, 0) is 4.74 Å². The van der Waals surface area contributed by atoms with Gasteiger partial charge in [0.2, 0.25) is 11.6 Å². The number of anilines is 2. The van der Waals surface area contributed by atoms with E-state index in [4.69, 9.17) is 4.74 Å². The Hall–Kier alpha value is -4.41. The number of nitrogens with zero attached hydrogens (tertiary/aromatic N) is 6. The molecule has 0 aliphatic heterocycles. The minimum absolute atomic E-state index is 0.0345. The molecule has 0 radical (unpaired) electrons. The fraction of sp³-hybridized carbons (Fsp3) is 0.105. The van der Waals surface area contributed by atoms with Crippen LogP contribution < -0.4 is 5.32 Å². The zero-order valence-corrected chi connectivity index (χ0v) is 15.7. The number of nitro groups is 1. The van der Waals surface area contributed by atoms with Gasteiger partial charge in [-0.05, 0) is 37.3 Å². The van der Waals surface area contributed by atoms with E-state index >= 15 is 0 Å². The Morgan fingerprint density at radius 2 is 2.03 bits per heavy atom. The molecule has 0 amide bonds. The minimum Gasteiger partial charge on any atom is -0.462 e. The van der Waals surface area contributed by atoms with Crippen molar-refractivity contribution in [2.45, 2.75) is 6.92 Å². The van der Waals surface area contributed by atoms with Crippen LogP contribution in [0.5, 0.6) is 0 Å². The third-order valence-electron chi connectivity index (χ3n) is 4.17. The molecular formula is C19H15N7O4. The third-order valence-corrected chi connectivity index (χ3v) is 4.17. The monoisotopic (exact) mass is 405 g/mol. The summed E-state index contributed by atoms with van der Waals surface area (Å²) < 4.78 is 6.27. The highest BCUT2D eigenvalue weighted by Gasteiger charge is 2.26. The fourth-order valence-corrected chi connectivity index (χ4v) is 2.88. The Balaban J connectivity index is 1.77. The van der Waals surface area contributed by atoms with Crippen LogP contribution in [0, 0.1) is 10.1 Å². The molecule has 4 aromatic rings. The van der Waals surface area contributed by atoms with E-state index in [1.165, 1.54) is 17.1 Å². The van der Waals surface area contributed by atoms with Gasteiger partial charge in [-0.15, -0.1) is 5.10 Å². The molecular weight excluding hydrogens is 390 g/mol. The number of nitrogens with one attached hydrogen (secondary N) is 1. The van der Waals surface area contributed by atoms with Gasteiger partial charge in [-0.3, -0.25) is 10.1 Å². The summed E-state index contributed by atoms with van der Waals surface area (Å²) in [5.74, 6) is -0.577. The van der Waals surface area contributed by atoms with Crippen LogP contribution in [0.1, 0.15) is 17.3 Å². The summed E-state index contributed by atoms with van der Waals surface area (Å²) in [6.07, 6.45) is 1.19. The number of hydrogen-bond acceptors (Lipinski definition) is 9. The molecule has 0 spiro atoms. The van der Waals surface area contributed by atoms with Crippen LogP contribution >= 0.6 is 0 Å². The van der Waals surface area contributed by atoms with Crippen LogP contribution in [0.3, 0.4) is 0 Å². The van der Waals surface area contributed by atoms with Crippen molar-refractivity contribution in [3.8, 4) is 5.82 Å². The van der Waals surface area contributed by atoms with Crippen LogP contribution in [0.15, 0.2) is 54.9 Å². The molecule has 150 valence electrons. The van der Waals surface area contributed by atoms with E-state index in [9.17, 15) is 14.9 Å². The summed E-state index contributed by atoms with van der Waals surface area (Å²) in [6, 6.07) is 13.4. The van der Waals surface area contributed by atoms with Crippen LogP contribution in [0.2, 0.25) is 0 Å². The molecule has 1 N–H and O–H groups in total. The van der Waals surface area contributed by atoms with E-state index in [1.54, 1.807) is 49.4 Å². The average molecular weight is 405 g/mol. The van der Waals surface area contributed by atoms with Crippen molar-refractivity contribution in [2.75, 3.05) is 11.9 Å². The van der Waals surface area contributed by atoms with Gasteiger partial charge in [0.1, 0.15) is 11.8 Å². The Labute approximate surface area is 169 Å². The van der Waals surface area contributed by atoms with Gasteiger partial charge in [0.25, 0.3) is 0 Å². The van der Waals surface area contributed by atoms with Crippen LogP contribution in [0.4, 0.5) is 17.2 Å². The number of para-hydroxylation sites is 1. The lowest BCUT2D eigenvalue weighted by atomic mass is 10.2. The second kappa shape index (κ2) is 7.91. The van der Waals surface area contributed by atoms with Gasteiger partial charge in [0.15, 0.2) is 0 Å². The highest BCUT2D eigenvalue weighted by atomic mass is 16.6. The second-order valence-electron chi connectivity index (χ2n) is 6.07. The molecule has 4 rings (SSSR count). The third kappa shape index (κ3) is 3.51. The van der Waals surface area contributed by atoms with E-state index in [1.807, 2.05) is 0 Å². The molecule has 0 saturated carbocycles. The van der Waals surface area contributed by atoms with Crippen LogP contribution in [0.25, 0.3) is 16.9 Å². The molecule has 11 nitrogen and oxygen atoms in total. The fourth-order valence-electron chi connectivity index (χ4n) is 2.88. The van der Waals surface area contributed by atoms with Crippen molar-refractivity contribution in [3.05, 3.63) is 70.5 Å². The van der Waals surface area contributed by atoms with Gasteiger partial charge in [0.05, 0.1) is 22.6 Å². The maximum absolute atomic E-state index is 12.0. The summed E-state index contributed by atoms with van der Waals surface area (Å²) in [7, 11) is 0. The number of carbonyl (C=O) groups excluding carboxylic acids is 1. The molecule has 0 atom stereocenters. The Bertz CT molecular complexity index is 1250. The number of rotatable bonds is 6. The summed E-state index contributed by atoms with van der Waals surface area (Å²) in [5.41, 5.74) is 1.49. The zero-order chi connectivity index (χ0) is 21.1. The predicted molar refractivity (Wildman–Crippen MR) is 107 cm³/mol. The van der Waals surface area contributed by atoms with Gasteiger partial charge in [-0.25, -0.2) is 14.8 Å². The Kier molecular flexibility index (Phi) is 4.99. The number of hydrogen-bond donors (Lipinski definition) is 1. The lowest BCUT2D eigenvalue weighted by Gasteiger charge is -2.10. The van der Waals surface area contributed by atoms with E-state index in [0.29, 0.717) is 22.3 Å². The predicted octanol–water partition coefficient (Wildman–Crippen LogP) is 3.04. The first-order chi connectivity index (χ1) is 14.6. The number of fused-ring (bicyclic) bond motifs is 1. The molecule has 0 bridgehead atoms. The quantitative estimate of drug-likeness (QED) is 0.291. The SMILES string of the molecule is CCOC(=O)c1cccc(Nc2ncnc(-n3nnc4ccccc43)c2[N+](=O)[O-])c1. The number of ether oxygens (including phenoxy) is 1. The first-order valence-electron chi connectivity index (χ1n) is 8.93. The van der Waals surface area contributed by atoms with Gasteiger partial charge < -0.3 is 10.1 Å². The summed E-state index contributed by atoms with van der Waals surface area (Å²) >= 11 is 0. The molecule has 11 heteroatoms. The van der Waals surface area contributed by atoms with E-state index < -0.39 is 10.9 Å². The zero-order valence-electron chi connectivity index (χ0n) is 15.7. The molecule has 2 aromatic heterocycles. The lowest BCUT2D eigenvalue weighted by molar-refractivity contribution is -0.384. The summed E-state index contributed by atoms with van der Waals surface area (Å²) in [6.45, 7) is 1.95. The van der Waals surface area contributed by atoms with Crippen molar-refractivity contribution in [3.63, 3.8) is 0 Å². The standard InChI is InChI=1S/C19H15N7O4/c1-2-30-19(27)12-6-5-7-13(10-12)22-17-16(26(28)29)18(21-11-20-17)25-15-9-4-3-8-14(15)23-24-25/h3-11H,2H2,1H3,(H,20,21,22). The van der Waals surface area contributed by atoms with E-state index in [2.05, 4.69) is 25.6 Å². The van der Waals surface area contributed by atoms with Crippen molar-refractivity contribution in [2.24, 2.45) is 0 Å². The molecule has 0 fully saturated rings. The smallest absolute Gasteiger partial charge is 0.356 e. The van der Waals surface area contributed by atoms with Crippen molar-refractivity contribution in [1.29, 1.82) is 0 Å². The Morgan fingerprint density at radius 1 is 1.20 bits per heavy atom. The first-order valence-corrected chi connectivity index (χ1v) is 8.93. The molecule has 0 aliphatic rings. The number of carbonyl (C=O) groups is 1. The normalized spacial score (nSPS) is 10.7. The van der Waals surface area contributed by atoms with E-state index in [-0.39, 0.29) is 23.9 Å². The van der Waals surface area contributed by atoms with Crippen molar-refractivity contribution >= 4 is 34.2 Å². The molecule has 30 heavy (non-hydrogen) atoms. The topological polar surface area (TPSA) is 138 Å². The maximum atomic E-state index is 12.0. The molecule has 2 heterocycles. The van der Waals surface area contributed by atoms with E-state index in [0.717, 1.165) is 0 Å². The first kappa shape index (κ1) is 18.9. The molecule has 0 saturated heterocycles. The number of benzene rings is 2. The summed E-state index contributed by atoms with van der Waals surface area (Å²) in [5, 5.41) is 22.8. The highest BCUT2D eigenvalue weighted by molar-refractivity contribution is 5.91. The number of esters is 1. The highest BCUT2D eigenvalue weighted by Crippen LogP contribution is 2.31. The number of aromatic nitrogens is 5. The van der Waals surface area contributed by atoms with Crippen molar-refractivity contribution in [1.82, 2.24) is 25.0 Å². The second-order valence-corrected chi connectivity index (χ2v) is 6.07. The molecule has 0 aliphatic carbocycles. The van der Waals surface area contributed by atoms with Gasteiger partial charge in [-0.1, -0.05) is 23.4 Å². The van der Waals surface area contributed by atoms with Crippen LogP contribution in [-0.4, -0.2) is 42.5 Å². The maximum Gasteiger partial charge on any atom is 0.356 e. The van der Waals surface area contributed by atoms with Gasteiger partial charge in [0, 0.05) is 5.69 Å².